The lowest BCUT2D eigenvalue weighted by atomic mass is 9.97. The van der Waals surface area contributed by atoms with Crippen LogP contribution < -0.4 is 5.32 Å². The number of amides is 2. The third kappa shape index (κ3) is 4.38. The van der Waals surface area contributed by atoms with Gasteiger partial charge in [0.05, 0.1) is 6.42 Å². The van der Waals surface area contributed by atoms with Crippen LogP contribution >= 0.6 is 0 Å². The van der Waals surface area contributed by atoms with Gasteiger partial charge in [0.1, 0.15) is 6.04 Å². The van der Waals surface area contributed by atoms with Crippen molar-refractivity contribution < 1.29 is 22.8 Å². The Bertz CT molecular complexity index is 371. The molecule has 3 atom stereocenters. The summed E-state index contributed by atoms with van der Waals surface area (Å²) < 4.78 is 37.4. The quantitative estimate of drug-likeness (QED) is 0.863. The lowest BCUT2D eigenvalue weighted by Gasteiger charge is -2.32. The van der Waals surface area contributed by atoms with E-state index in [2.05, 4.69) is 5.32 Å². The highest BCUT2D eigenvalue weighted by Gasteiger charge is 2.39. The average Bonchev–Trinajstić information content (AvgIpc) is 2.46. The zero-order valence-corrected chi connectivity index (χ0v) is 12.0. The predicted molar refractivity (Wildman–Crippen MR) is 67.8 cm³/mol. The lowest BCUT2D eigenvalue weighted by Crippen LogP contribution is -2.51. The number of nitrogens with zero attached hydrogens (tertiary/aromatic N) is 1. The molecule has 1 saturated heterocycles. The molecule has 0 aliphatic carbocycles. The molecule has 7 heteroatoms. The highest BCUT2D eigenvalue weighted by Crippen LogP contribution is 2.25. The van der Waals surface area contributed by atoms with Crippen molar-refractivity contribution in [1.29, 1.82) is 0 Å². The van der Waals surface area contributed by atoms with Crippen molar-refractivity contribution in [3.63, 3.8) is 0 Å². The van der Waals surface area contributed by atoms with Crippen LogP contribution in [0.25, 0.3) is 0 Å². The number of alkyl halides is 3. The highest BCUT2D eigenvalue weighted by atomic mass is 19.4. The number of halogens is 3. The fraction of sp³-hybridized carbons (Fsp3) is 0.846. The smallest absolute Gasteiger partial charge is 0.344 e. The van der Waals surface area contributed by atoms with Crippen LogP contribution in [-0.2, 0) is 9.59 Å². The van der Waals surface area contributed by atoms with Gasteiger partial charge >= 0.3 is 6.18 Å². The zero-order chi connectivity index (χ0) is 15.5. The van der Waals surface area contributed by atoms with Gasteiger partial charge in [0, 0.05) is 19.0 Å². The summed E-state index contributed by atoms with van der Waals surface area (Å²) in [6, 6.07) is -1.69. The molecule has 0 aromatic carbocycles. The van der Waals surface area contributed by atoms with E-state index in [1.807, 2.05) is 6.92 Å². The second-order valence-electron chi connectivity index (χ2n) is 5.38. The van der Waals surface area contributed by atoms with Crippen molar-refractivity contribution in [3.05, 3.63) is 0 Å². The molecule has 0 aromatic heterocycles. The van der Waals surface area contributed by atoms with E-state index in [1.165, 1.54) is 11.8 Å². The second kappa shape index (κ2) is 6.45. The van der Waals surface area contributed by atoms with Gasteiger partial charge < -0.3 is 10.2 Å². The summed E-state index contributed by atoms with van der Waals surface area (Å²) in [6.07, 6.45) is -4.67. The summed E-state index contributed by atoms with van der Waals surface area (Å²) in [7, 11) is 0. The Balaban J connectivity index is 2.89. The minimum absolute atomic E-state index is 0.0366. The van der Waals surface area contributed by atoms with Gasteiger partial charge in [0.15, 0.2) is 0 Å². The van der Waals surface area contributed by atoms with E-state index in [4.69, 9.17) is 0 Å². The Hall–Kier alpha value is -1.27. The summed E-state index contributed by atoms with van der Waals surface area (Å²) in [6.45, 7) is 5.09. The topological polar surface area (TPSA) is 49.4 Å². The maximum atomic E-state index is 12.5. The van der Waals surface area contributed by atoms with E-state index < -0.39 is 30.6 Å². The van der Waals surface area contributed by atoms with Crippen LogP contribution in [0.4, 0.5) is 13.2 Å². The van der Waals surface area contributed by atoms with Crippen LogP contribution in [0.2, 0.25) is 0 Å². The SMILES string of the molecule is CCC(C)C1NC(=O)CCN(C(C)CC(F)(F)F)C1=O. The maximum Gasteiger partial charge on any atom is 0.391 e. The van der Waals surface area contributed by atoms with Crippen LogP contribution in [0.15, 0.2) is 0 Å². The zero-order valence-electron chi connectivity index (χ0n) is 12.0. The fourth-order valence-electron chi connectivity index (χ4n) is 2.32. The molecule has 2 amide bonds. The van der Waals surface area contributed by atoms with Gasteiger partial charge in [-0.05, 0) is 12.8 Å². The Kier molecular flexibility index (Phi) is 5.42. The number of rotatable bonds is 4. The largest absolute Gasteiger partial charge is 0.391 e. The van der Waals surface area contributed by atoms with Crippen molar-refractivity contribution in [2.24, 2.45) is 5.92 Å². The number of hydrogen-bond donors (Lipinski definition) is 1. The van der Waals surface area contributed by atoms with Gasteiger partial charge in [-0.2, -0.15) is 13.2 Å². The molecule has 116 valence electrons. The molecule has 1 aliphatic heterocycles. The lowest BCUT2D eigenvalue weighted by molar-refractivity contribution is -0.154. The summed E-state index contributed by atoms with van der Waals surface area (Å²) in [5.74, 6) is -0.808. The van der Waals surface area contributed by atoms with Crippen molar-refractivity contribution in [1.82, 2.24) is 10.2 Å². The fourth-order valence-corrected chi connectivity index (χ4v) is 2.32. The molecule has 0 radical (unpaired) electrons. The molecule has 0 aromatic rings. The maximum absolute atomic E-state index is 12.5. The van der Waals surface area contributed by atoms with E-state index in [-0.39, 0.29) is 24.8 Å². The van der Waals surface area contributed by atoms with Crippen molar-refractivity contribution >= 4 is 11.8 Å². The molecule has 3 unspecified atom stereocenters. The number of carbonyl (C=O) groups is 2. The monoisotopic (exact) mass is 294 g/mol. The Morgan fingerprint density at radius 3 is 2.45 bits per heavy atom. The molecule has 20 heavy (non-hydrogen) atoms. The van der Waals surface area contributed by atoms with Gasteiger partial charge in [0.25, 0.3) is 0 Å². The van der Waals surface area contributed by atoms with Gasteiger partial charge in [-0.25, -0.2) is 0 Å². The molecular weight excluding hydrogens is 273 g/mol. The first-order chi connectivity index (χ1) is 9.15. The summed E-state index contributed by atoms with van der Waals surface area (Å²) in [4.78, 5) is 25.1. The van der Waals surface area contributed by atoms with Crippen LogP contribution in [0, 0.1) is 5.92 Å². The molecule has 1 N–H and O–H groups in total. The van der Waals surface area contributed by atoms with E-state index in [1.54, 1.807) is 6.92 Å². The van der Waals surface area contributed by atoms with Crippen LogP contribution in [0.3, 0.4) is 0 Å². The third-order valence-electron chi connectivity index (χ3n) is 3.72. The normalized spacial score (nSPS) is 24.1. The second-order valence-corrected chi connectivity index (χ2v) is 5.38. The summed E-state index contributed by atoms with van der Waals surface area (Å²) >= 11 is 0. The van der Waals surface area contributed by atoms with Crippen molar-refractivity contribution in [3.8, 4) is 0 Å². The minimum Gasteiger partial charge on any atom is -0.344 e. The van der Waals surface area contributed by atoms with Gasteiger partial charge in [-0.3, -0.25) is 9.59 Å². The molecule has 0 spiro atoms. The van der Waals surface area contributed by atoms with Crippen LogP contribution in [0.5, 0.6) is 0 Å². The predicted octanol–water partition coefficient (Wildman–Crippen LogP) is 2.09. The molecular formula is C13H21F3N2O2. The Labute approximate surface area is 116 Å². The highest BCUT2D eigenvalue weighted by molar-refractivity contribution is 5.90. The van der Waals surface area contributed by atoms with E-state index in [9.17, 15) is 22.8 Å². The number of nitrogens with one attached hydrogen (secondary N) is 1. The third-order valence-corrected chi connectivity index (χ3v) is 3.72. The first kappa shape index (κ1) is 16.8. The molecule has 1 aliphatic rings. The van der Waals surface area contributed by atoms with E-state index >= 15 is 0 Å². The van der Waals surface area contributed by atoms with Gasteiger partial charge in [0.2, 0.25) is 11.8 Å². The van der Waals surface area contributed by atoms with Crippen LogP contribution in [-0.4, -0.2) is 41.5 Å². The molecule has 0 bridgehead atoms. The van der Waals surface area contributed by atoms with Crippen LogP contribution in [0.1, 0.15) is 40.0 Å². The molecule has 1 heterocycles. The van der Waals surface area contributed by atoms with Crippen molar-refractivity contribution in [2.45, 2.75) is 58.3 Å². The number of hydrogen-bond acceptors (Lipinski definition) is 2. The van der Waals surface area contributed by atoms with Gasteiger partial charge in [-0.1, -0.05) is 20.3 Å². The Morgan fingerprint density at radius 2 is 1.95 bits per heavy atom. The van der Waals surface area contributed by atoms with Gasteiger partial charge in [-0.15, -0.1) is 0 Å². The van der Waals surface area contributed by atoms with E-state index in [0.29, 0.717) is 6.42 Å². The molecule has 1 rings (SSSR count). The Morgan fingerprint density at radius 1 is 1.35 bits per heavy atom. The minimum atomic E-state index is -4.32. The van der Waals surface area contributed by atoms with Crippen molar-refractivity contribution in [2.75, 3.05) is 6.54 Å². The first-order valence-corrected chi connectivity index (χ1v) is 6.82. The average molecular weight is 294 g/mol. The first-order valence-electron chi connectivity index (χ1n) is 6.82. The number of carbonyl (C=O) groups excluding carboxylic acids is 2. The van der Waals surface area contributed by atoms with E-state index in [0.717, 1.165) is 0 Å². The molecule has 0 saturated carbocycles. The summed E-state index contributed by atoms with van der Waals surface area (Å²) in [5.41, 5.74) is 0. The molecule has 1 fully saturated rings. The summed E-state index contributed by atoms with van der Waals surface area (Å²) in [5, 5.41) is 2.62. The standard InChI is InChI=1S/C13H21F3N2O2/c1-4-8(2)11-12(20)18(6-5-10(19)17-11)9(3)7-13(14,15)16/h8-9,11H,4-7H2,1-3H3,(H,17,19). The molecule has 4 nitrogen and oxygen atoms in total.